The standard InChI is InChI=1S/C19H23NO3/c1-14-4-3-5-15(10-14)11-17-12-20(8-6-18(17)22-2)19(21)16-7-9-23-13-16/h3-5,7,9-10,13,17-18H,6,8,11-12H2,1-2H3/t17-,18-/m1/s1. The molecule has 1 aliphatic rings. The zero-order valence-electron chi connectivity index (χ0n) is 13.7. The monoisotopic (exact) mass is 313 g/mol. The van der Waals surface area contributed by atoms with Gasteiger partial charge >= 0.3 is 0 Å². The fourth-order valence-corrected chi connectivity index (χ4v) is 3.41. The SMILES string of the molecule is CO[C@@H]1CCN(C(=O)c2ccoc2)C[C@H]1Cc1cccc(C)c1. The van der Waals surface area contributed by atoms with Crippen LogP contribution >= 0.6 is 0 Å². The van der Waals surface area contributed by atoms with E-state index >= 15 is 0 Å². The molecule has 3 rings (SSSR count). The molecule has 2 atom stereocenters. The molecule has 0 spiro atoms. The molecule has 0 unspecified atom stereocenters. The molecule has 1 fully saturated rings. The predicted molar refractivity (Wildman–Crippen MR) is 88.4 cm³/mol. The van der Waals surface area contributed by atoms with Crippen LogP contribution in [0.5, 0.6) is 0 Å². The number of ether oxygens (including phenoxy) is 1. The largest absolute Gasteiger partial charge is 0.472 e. The van der Waals surface area contributed by atoms with E-state index in [1.165, 1.54) is 17.4 Å². The van der Waals surface area contributed by atoms with Crippen molar-refractivity contribution in [1.29, 1.82) is 0 Å². The van der Waals surface area contributed by atoms with E-state index < -0.39 is 0 Å². The van der Waals surface area contributed by atoms with Crippen LogP contribution in [0.1, 0.15) is 27.9 Å². The fraction of sp³-hybridized carbons (Fsp3) is 0.421. The molecular formula is C19H23NO3. The topological polar surface area (TPSA) is 42.7 Å². The molecule has 2 heterocycles. The Morgan fingerprint density at radius 3 is 2.96 bits per heavy atom. The van der Waals surface area contributed by atoms with Gasteiger partial charge in [0.05, 0.1) is 17.9 Å². The Kier molecular flexibility index (Phi) is 4.82. The van der Waals surface area contributed by atoms with Crippen molar-refractivity contribution in [3.05, 3.63) is 59.5 Å². The highest BCUT2D eigenvalue weighted by molar-refractivity contribution is 5.93. The summed E-state index contributed by atoms with van der Waals surface area (Å²) in [6.45, 7) is 3.55. The normalized spacial score (nSPS) is 21.4. The number of piperidine rings is 1. The summed E-state index contributed by atoms with van der Waals surface area (Å²) in [6.07, 6.45) is 5.05. The maximum Gasteiger partial charge on any atom is 0.257 e. The van der Waals surface area contributed by atoms with E-state index in [-0.39, 0.29) is 12.0 Å². The number of methoxy groups -OCH3 is 1. The lowest BCUT2D eigenvalue weighted by Crippen LogP contribution is -2.47. The lowest BCUT2D eigenvalue weighted by molar-refractivity contribution is -0.00301. The molecule has 1 saturated heterocycles. The summed E-state index contributed by atoms with van der Waals surface area (Å²) in [5, 5.41) is 0. The van der Waals surface area contributed by atoms with Gasteiger partial charge in [-0.3, -0.25) is 4.79 Å². The highest BCUT2D eigenvalue weighted by Crippen LogP contribution is 2.25. The number of benzene rings is 1. The van der Waals surface area contributed by atoms with Crippen LogP contribution in [-0.4, -0.2) is 37.1 Å². The smallest absolute Gasteiger partial charge is 0.257 e. The average Bonchev–Trinajstić information content (AvgIpc) is 3.08. The Morgan fingerprint density at radius 2 is 2.26 bits per heavy atom. The van der Waals surface area contributed by atoms with Gasteiger partial charge in [-0.15, -0.1) is 0 Å². The number of nitrogens with zero attached hydrogens (tertiary/aromatic N) is 1. The Balaban J connectivity index is 1.72. The molecule has 1 aromatic heterocycles. The molecule has 23 heavy (non-hydrogen) atoms. The van der Waals surface area contributed by atoms with Crippen molar-refractivity contribution in [1.82, 2.24) is 4.90 Å². The Labute approximate surface area is 137 Å². The van der Waals surface area contributed by atoms with Crippen molar-refractivity contribution < 1.29 is 13.9 Å². The van der Waals surface area contributed by atoms with Crippen LogP contribution in [0.3, 0.4) is 0 Å². The van der Waals surface area contributed by atoms with Crippen LogP contribution in [0, 0.1) is 12.8 Å². The molecule has 122 valence electrons. The second-order valence-electron chi connectivity index (χ2n) is 6.28. The summed E-state index contributed by atoms with van der Waals surface area (Å²) < 4.78 is 10.7. The minimum absolute atomic E-state index is 0.0440. The summed E-state index contributed by atoms with van der Waals surface area (Å²) in [7, 11) is 1.77. The van der Waals surface area contributed by atoms with Gasteiger partial charge < -0.3 is 14.1 Å². The van der Waals surface area contributed by atoms with Crippen molar-refractivity contribution in [2.75, 3.05) is 20.2 Å². The van der Waals surface area contributed by atoms with Crippen LogP contribution < -0.4 is 0 Å². The van der Waals surface area contributed by atoms with Crippen LogP contribution in [0.15, 0.2) is 47.3 Å². The first-order valence-corrected chi connectivity index (χ1v) is 8.07. The Bertz CT molecular complexity index is 650. The van der Waals surface area contributed by atoms with Crippen molar-refractivity contribution >= 4 is 5.91 Å². The first-order valence-electron chi connectivity index (χ1n) is 8.07. The van der Waals surface area contributed by atoms with Crippen molar-refractivity contribution in [2.24, 2.45) is 5.92 Å². The van der Waals surface area contributed by atoms with Gasteiger partial charge in [-0.1, -0.05) is 29.8 Å². The molecule has 0 radical (unpaired) electrons. The summed E-state index contributed by atoms with van der Waals surface area (Å²) in [4.78, 5) is 14.5. The molecule has 2 aromatic rings. The molecule has 4 heteroatoms. The van der Waals surface area contributed by atoms with Gasteiger partial charge in [0.1, 0.15) is 6.26 Å². The van der Waals surface area contributed by atoms with E-state index in [0.29, 0.717) is 11.5 Å². The number of likely N-dealkylation sites (tertiary alicyclic amines) is 1. The third-order valence-electron chi connectivity index (χ3n) is 4.60. The van der Waals surface area contributed by atoms with Crippen molar-refractivity contribution in [3.8, 4) is 0 Å². The molecule has 0 bridgehead atoms. The molecule has 0 saturated carbocycles. The second kappa shape index (κ2) is 7.01. The summed E-state index contributed by atoms with van der Waals surface area (Å²) >= 11 is 0. The number of hydrogen-bond donors (Lipinski definition) is 0. The number of rotatable bonds is 4. The van der Waals surface area contributed by atoms with Gasteiger partial charge in [0.2, 0.25) is 0 Å². The number of hydrogen-bond acceptors (Lipinski definition) is 3. The lowest BCUT2D eigenvalue weighted by atomic mass is 9.88. The lowest BCUT2D eigenvalue weighted by Gasteiger charge is -2.38. The van der Waals surface area contributed by atoms with E-state index in [1.54, 1.807) is 19.4 Å². The molecular weight excluding hydrogens is 290 g/mol. The highest BCUT2D eigenvalue weighted by Gasteiger charge is 2.32. The third-order valence-corrected chi connectivity index (χ3v) is 4.60. The zero-order valence-corrected chi connectivity index (χ0v) is 13.7. The van der Waals surface area contributed by atoms with E-state index in [4.69, 9.17) is 9.15 Å². The maximum absolute atomic E-state index is 12.5. The van der Waals surface area contributed by atoms with E-state index in [0.717, 1.165) is 25.9 Å². The van der Waals surface area contributed by atoms with Crippen molar-refractivity contribution in [2.45, 2.75) is 25.9 Å². The predicted octanol–water partition coefficient (Wildman–Crippen LogP) is 3.31. The van der Waals surface area contributed by atoms with Gasteiger partial charge in [-0.2, -0.15) is 0 Å². The molecule has 0 aliphatic carbocycles. The van der Waals surface area contributed by atoms with E-state index in [1.807, 2.05) is 4.90 Å². The van der Waals surface area contributed by atoms with Crippen LogP contribution in [0.2, 0.25) is 0 Å². The van der Waals surface area contributed by atoms with Crippen LogP contribution in [0.25, 0.3) is 0 Å². The third kappa shape index (κ3) is 3.64. The summed E-state index contributed by atoms with van der Waals surface area (Å²) in [5.74, 6) is 0.356. The highest BCUT2D eigenvalue weighted by atomic mass is 16.5. The fourth-order valence-electron chi connectivity index (χ4n) is 3.41. The van der Waals surface area contributed by atoms with E-state index in [9.17, 15) is 4.79 Å². The summed E-state index contributed by atoms with van der Waals surface area (Å²) in [5.41, 5.74) is 3.18. The first-order chi connectivity index (χ1) is 11.2. The van der Waals surface area contributed by atoms with Crippen molar-refractivity contribution in [3.63, 3.8) is 0 Å². The molecule has 1 amide bonds. The maximum atomic E-state index is 12.5. The molecule has 4 nitrogen and oxygen atoms in total. The molecule has 1 aromatic carbocycles. The van der Waals surface area contributed by atoms with E-state index in [2.05, 4.69) is 31.2 Å². The zero-order chi connectivity index (χ0) is 16.2. The number of furan rings is 1. The van der Waals surface area contributed by atoms with Gasteiger partial charge in [-0.05, 0) is 31.4 Å². The minimum Gasteiger partial charge on any atom is -0.472 e. The second-order valence-corrected chi connectivity index (χ2v) is 6.28. The number of aryl methyl sites for hydroxylation is 1. The van der Waals surface area contributed by atoms with Gasteiger partial charge in [0.15, 0.2) is 0 Å². The quantitative estimate of drug-likeness (QED) is 0.870. The van der Waals surface area contributed by atoms with Crippen LogP contribution in [0.4, 0.5) is 0 Å². The number of amides is 1. The average molecular weight is 313 g/mol. The summed E-state index contributed by atoms with van der Waals surface area (Å²) in [6, 6.07) is 10.3. The minimum atomic E-state index is 0.0440. The van der Waals surface area contributed by atoms with Gasteiger partial charge in [-0.25, -0.2) is 0 Å². The number of carbonyl (C=O) groups excluding carboxylic acids is 1. The van der Waals surface area contributed by atoms with Gasteiger partial charge in [0, 0.05) is 26.1 Å². The van der Waals surface area contributed by atoms with Crippen LogP contribution in [-0.2, 0) is 11.2 Å². The first kappa shape index (κ1) is 15.8. The Morgan fingerprint density at radius 1 is 1.39 bits per heavy atom. The molecule has 0 N–H and O–H groups in total. The Hall–Kier alpha value is -2.07. The number of carbonyl (C=O) groups is 1. The molecule has 1 aliphatic heterocycles. The van der Waals surface area contributed by atoms with Gasteiger partial charge in [0.25, 0.3) is 5.91 Å².